The Morgan fingerprint density at radius 2 is 1.07 bits per heavy atom. The third kappa shape index (κ3) is 2.66. The summed E-state index contributed by atoms with van der Waals surface area (Å²) in [6.45, 7) is 4.66. The van der Waals surface area contributed by atoms with Gasteiger partial charge in [-0.25, -0.2) is 0 Å². The van der Waals surface area contributed by atoms with Crippen LogP contribution in [-0.2, 0) is 0 Å². The molecule has 0 radical (unpaired) electrons. The first-order valence-electron chi connectivity index (χ1n) is 5.63. The highest BCUT2D eigenvalue weighted by atomic mass is 32.2. The van der Waals surface area contributed by atoms with Crippen LogP contribution >= 0.6 is 11.8 Å². The Balaban J connectivity index is 1.85. The molecule has 0 amide bonds. The molecule has 2 unspecified atom stereocenters. The standard InChI is InChI=1S/C14H18S/c1-11(13-7-3-4-8-13)15-12(2)14-9-5-6-10-14/h3-14H,1-2H3. The summed E-state index contributed by atoms with van der Waals surface area (Å²) in [4.78, 5) is 0. The van der Waals surface area contributed by atoms with Crippen molar-refractivity contribution in [2.24, 2.45) is 11.8 Å². The van der Waals surface area contributed by atoms with Crippen molar-refractivity contribution in [3.05, 3.63) is 48.6 Å². The lowest BCUT2D eigenvalue weighted by molar-refractivity contribution is 0.763. The van der Waals surface area contributed by atoms with Gasteiger partial charge in [0.1, 0.15) is 0 Å². The molecule has 0 heterocycles. The maximum absolute atomic E-state index is 2.33. The second-order valence-electron chi connectivity index (χ2n) is 4.24. The summed E-state index contributed by atoms with van der Waals surface area (Å²) in [5.74, 6) is 1.26. The summed E-state index contributed by atoms with van der Waals surface area (Å²) in [7, 11) is 0. The Labute approximate surface area is 96.8 Å². The molecule has 0 bridgehead atoms. The van der Waals surface area contributed by atoms with Gasteiger partial charge in [0.05, 0.1) is 0 Å². The molecule has 0 aromatic carbocycles. The summed E-state index contributed by atoms with van der Waals surface area (Å²) >= 11 is 2.09. The van der Waals surface area contributed by atoms with Crippen LogP contribution in [0.4, 0.5) is 0 Å². The number of thioether (sulfide) groups is 1. The molecule has 2 rings (SSSR count). The largest absolute Gasteiger partial charge is 0.154 e. The molecule has 0 fully saturated rings. The molecule has 0 aromatic rings. The molecule has 0 aromatic heterocycles. The lowest BCUT2D eigenvalue weighted by Gasteiger charge is -2.23. The Kier molecular flexibility index (Phi) is 3.53. The maximum Gasteiger partial charge on any atom is 0.0119 e. The number of hydrogen-bond acceptors (Lipinski definition) is 1. The molecule has 0 N–H and O–H groups in total. The van der Waals surface area contributed by atoms with Gasteiger partial charge < -0.3 is 0 Å². The molecular weight excluding hydrogens is 200 g/mol. The van der Waals surface area contributed by atoms with Crippen molar-refractivity contribution in [1.82, 2.24) is 0 Å². The van der Waals surface area contributed by atoms with Crippen LogP contribution < -0.4 is 0 Å². The zero-order valence-electron chi connectivity index (χ0n) is 9.34. The highest BCUT2D eigenvalue weighted by Crippen LogP contribution is 2.33. The van der Waals surface area contributed by atoms with E-state index in [1.165, 1.54) is 0 Å². The lowest BCUT2D eigenvalue weighted by Crippen LogP contribution is -2.16. The quantitative estimate of drug-likeness (QED) is 0.687. The predicted octanol–water partition coefficient (Wildman–Crippen LogP) is 3.98. The monoisotopic (exact) mass is 218 g/mol. The number of allylic oxidation sites excluding steroid dienone is 8. The van der Waals surface area contributed by atoms with Gasteiger partial charge >= 0.3 is 0 Å². The number of hydrogen-bond donors (Lipinski definition) is 0. The fourth-order valence-electron chi connectivity index (χ4n) is 2.04. The fraction of sp³-hybridized carbons (Fsp3) is 0.429. The van der Waals surface area contributed by atoms with Crippen molar-refractivity contribution in [3.63, 3.8) is 0 Å². The normalized spacial score (nSPS) is 24.1. The van der Waals surface area contributed by atoms with Gasteiger partial charge in [-0.05, 0) is 0 Å². The molecular formula is C14H18S. The van der Waals surface area contributed by atoms with E-state index in [-0.39, 0.29) is 0 Å². The Morgan fingerprint density at radius 3 is 1.40 bits per heavy atom. The average Bonchev–Trinajstić information content (AvgIpc) is 2.91. The minimum absolute atomic E-state index is 0.631. The van der Waals surface area contributed by atoms with E-state index in [0.29, 0.717) is 22.3 Å². The minimum Gasteiger partial charge on any atom is -0.154 e. The number of rotatable bonds is 4. The summed E-state index contributed by atoms with van der Waals surface area (Å²) in [6.07, 6.45) is 17.8. The zero-order chi connectivity index (χ0) is 10.7. The fourth-order valence-corrected chi connectivity index (χ4v) is 3.45. The Hall–Kier alpha value is -0.690. The molecule has 1 heteroatoms. The molecule has 2 aliphatic rings. The molecule has 80 valence electrons. The average molecular weight is 218 g/mol. The van der Waals surface area contributed by atoms with Crippen molar-refractivity contribution >= 4 is 11.8 Å². The van der Waals surface area contributed by atoms with E-state index in [1.54, 1.807) is 0 Å². The van der Waals surface area contributed by atoms with Crippen LogP contribution in [0.2, 0.25) is 0 Å². The van der Waals surface area contributed by atoms with Crippen molar-refractivity contribution in [3.8, 4) is 0 Å². The van der Waals surface area contributed by atoms with Gasteiger partial charge in [-0.2, -0.15) is 11.8 Å². The van der Waals surface area contributed by atoms with Gasteiger partial charge in [0, 0.05) is 22.3 Å². The van der Waals surface area contributed by atoms with Crippen LogP contribution in [0.15, 0.2) is 48.6 Å². The van der Waals surface area contributed by atoms with Crippen LogP contribution in [0, 0.1) is 11.8 Å². The van der Waals surface area contributed by atoms with Gasteiger partial charge in [0.25, 0.3) is 0 Å². The van der Waals surface area contributed by atoms with E-state index in [9.17, 15) is 0 Å². The summed E-state index contributed by atoms with van der Waals surface area (Å²) in [5.41, 5.74) is 0. The second kappa shape index (κ2) is 4.89. The van der Waals surface area contributed by atoms with E-state index in [1.807, 2.05) is 0 Å². The molecule has 0 saturated carbocycles. The first kappa shape index (κ1) is 10.8. The molecule has 2 atom stereocenters. The molecule has 2 aliphatic carbocycles. The van der Waals surface area contributed by atoms with Gasteiger partial charge in [0.15, 0.2) is 0 Å². The van der Waals surface area contributed by atoms with Crippen LogP contribution in [0.3, 0.4) is 0 Å². The van der Waals surface area contributed by atoms with Crippen molar-refractivity contribution in [1.29, 1.82) is 0 Å². The minimum atomic E-state index is 0.631. The van der Waals surface area contributed by atoms with E-state index in [4.69, 9.17) is 0 Å². The van der Waals surface area contributed by atoms with Crippen molar-refractivity contribution < 1.29 is 0 Å². The molecule has 0 saturated heterocycles. The van der Waals surface area contributed by atoms with Crippen LogP contribution in [0.1, 0.15) is 13.8 Å². The van der Waals surface area contributed by atoms with Gasteiger partial charge in [0.2, 0.25) is 0 Å². The first-order valence-corrected chi connectivity index (χ1v) is 6.57. The van der Waals surface area contributed by atoms with E-state index in [2.05, 4.69) is 74.2 Å². The SMILES string of the molecule is CC(SC(C)C1C=CC=C1)C1C=CC=C1. The second-order valence-corrected chi connectivity index (χ2v) is 6.00. The van der Waals surface area contributed by atoms with Crippen LogP contribution in [0.5, 0.6) is 0 Å². The smallest absolute Gasteiger partial charge is 0.0119 e. The third-order valence-electron chi connectivity index (χ3n) is 3.07. The summed E-state index contributed by atoms with van der Waals surface area (Å²) in [5, 5.41) is 1.36. The Bertz CT molecular complexity index is 266. The lowest BCUT2D eigenvalue weighted by atomic mass is 10.1. The first-order chi connectivity index (χ1) is 7.27. The van der Waals surface area contributed by atoms with Gasteiger partial charge in [-0.1, -0.05) is 62.5 Å². The maximum atomic E-state index is 2.33. The van der Waals surface area contributed by atoms with Crippen LogP contribution in [0.25, 0.3) is 0 Å². The van der Waals surface area contributed by atoms with Crippen molar-refractivity contribution in [2.75, 3.05) is 0 Å². The molecule has 0 nitrogen and oxygen atoms in total. The Morgan fingerprint density at radius 1 is 0.733 bits per heavy atom. The predicted molar refractivity (Wildman–Crippen MR) is 70.1 cm³/mol. The van der Waals surface area contributed by atoms with Crippen LogP contribution in [-0.4, -0.2) is 10.5 Å². The zero-order valence-corrected chi connectivity index (χ0v) is 10.2. The molecule has 0 spiro atoms. The summed E-state index contributed by atoms with van der Waals surface area (Å²) < 4.78 is 0. The third-order valence-corrected chi connectivity index (χ3v) is 4.56. The highest BCUT2D eigenvalue weighted by molar-refractivity contribution is 8.00. The highest BCUT2D eigenvalue weighted by Gasteiger charge is 2.21. The van der Waals surface area contributed by atoms with E-state index in [0.717, 1.165) is 0 Å². The topological polar surface area (TPSA) is 0 Å². The van der Waals surface area contributed by atoms with Gasteiger partial charge in [-0.3, -0.25) is 0 Å². The van der Waals surface area contributed by atoms with E-state index >= 15 is 0 Å². The van der Waals surface area contributed by atoms with Crippen molar-refractivity contribution in [2.45, 2.75) is 24.3 Å². The summed E-state index contributed by atoms with van der Waals surface area (Å²) in [6, 6.07) is 0. The van der Waals surface area contributed by atoms with E-state index < -0.39 is 0 Å². The van der Waals surface area contributed by atoms with Gasteiger partial charge in [-0.15, -0.1) is 0 Å². The molecule has 15 heavy (non-hydrogen) atoms. The molecule has 0 aliphatic heterocycles.